The minimum Gasteiger partial charge on any atom is -0.469 e. The van der Waals surface area contributed by atoms with Crippen LogP contribution in [0.15, 0.2) is 0 Å². The van der Waals surface area contributed by atoms with Gasteiger partial charge >= 0.3 is 5.97 Å². The Hall–Kier alpha value is -0.280. The Bertz CT molecular complexity index is 223. The Labute approximate surface area is 104 Å². The van der Waals surface area contributed by atoms with Gasteiger partial charge in [0.2, 0.25) is 0 Å². The number of nitrogens with zero attached hydrogens (tertiary/aromatic N) is 1. The van der Waals surface area contributed by atoms with Crippen LogP contribution in [0, 0.1) is 11.8 Å². The van der Waals surface area contributed by atoms with E-state index in [2.05, 4.69) is 4.90 Å². The van der Waals surface area contributed by atoms with Gasteiger partial charge in [0.1, 0.15) is 0 Å². The molecule has 0 N–H and O–H groups in total. The molecular formula is C12H22ClNO2. The van der Waals surface area contributed by atoms with Crippen LogP contribution in [0.5, 0.6) is 0 Å². The van der Waals surface area contributed by atoms with Crippen LogP contribution in [0.4, 0.5) is 0 Å². The van der Waals surface area contributed by atoms with Gasteiger partial charge in [0.05, 0.1) is 7.11 Å². The Balaban J connectivity index is 0.00000128. The summed E-state index contributed by atoms with van der Waals surface area (Å²) in [5.41, 5.74) is 0. The molecular weight excluding hydrogens is 226 g/mol. The molecule has 2 fully saturated rings. The minimum atomic E-state index is -0.0457. The number of methoxy groups -OCH3 is 1. The van der Waals surface area contributed by atoms with E-state index in [1.54, 1.807) is 0 Å². The molecule has 1 saturated carbocycles. The van der Waals surface area contributed by atoms with Crippen LogP contribution < -0.4 is 0 Å². The van der Waals surface area contributed by atoms with E-state index in [9.17, 15) is 4.79 Å². The van der Waals surface area contributed by atoms with Crippen molar-refractivity contribution < 1.29 is 9.53 Å². The fourth-order valence-electron chi connectivity index (χ4n) is 2.36. The van der Waals surface area contributed by atoms with Gasteiger partial charge in [0.25, 0.3) is 0 Å². The van der Waals surface area contributed by atoms with Crippen molar-refractivity contribution in [2.24, 2.45) is 11.8 Å². The van der Waals surface area contributed by atoms with Gasteiger partial charge in [-0.2, -0.15) is 0 Å². The third kappa shape index (κ3) is 4.30. The van der Waals surface area contributed by atoms with E-state index in [1.165, 1.54) is 52.4 Å². The third-order valence-electron chi connectivity index (χ3n) is 3.60. The molecule has 1 aliphatic carbocycles. The monoisotopic (exact) mass is 247 g/mol. The lowest BCUT2D eigenvalue weighted by molar-refractivity contribution is -0.142. The van der Waals surface area contributed by atoms with E-state index < -0.39 is 0 Å². The topological polar surface area (TPSA) is 29.5 Å². The molecule has 1 heterocycles. The quantitative estimate of drug-likeness (QED) is 0.713. The molecule has 0 unspecified atom stereocenters. The standard InChI is InChI=1S/C12H21NO2.ClH/c1-15-12(14)8-10-4-6-13(7-5-10)9-11-2-3-11;/h10-11H,2-9H2,1H3;1H. The lowest BCUT2D eigenvalue weighted by Gasteiger charge is -2.31. The number of ether oxygens (including phenoxy) is 1. The maximum atomic E-state index is 11.1. The zero-order valence-electron chi connectivity index (χ0n) is 9.98. The van der Waals surface area contributed by atoms with Gasteiger partial charge in [0.15, 0.2) is 0 Å². The molecule has 0 aromatic heterocycles. The molecule has 0 atom stereocenters. The lowest BCUT2D eigenvalue weighted by Crippen LogP contribution is -2.35. The second-order valence-corrected chi connectivity index (χ2v) is 4.97. The van der Waals surface area contributed by atoms with E-state index in [0.29, 0.717) is 12.3 Å². The second kappa shape index (κ2) is 6.45. The summed E-state index contributed by atoms with van der Waals surface area (Å²) in [7, 11) is 1.48. The smallest absolute Gasteiger partial charge is 0.305 e. The number of hydrogen-bond donors (Lipinski definition) is 0. The zero-order chi connectivity index (χ0) is 10.7. The van der Waals surface area contributed by atoms with E-state index in [-0.39, 0.29) is 18.4 Å². The van der Waals surface area contributed by atoms with Crippen molar-refractivity contribution in [1.82, 2.24) is 4.90 Å². The predicted molar refractivity (Wildman–Crippen MR) is 65.8 cm³/mol. The summed E-state index contributed by atoms with van der Waals surface area (Å²) in [5, 5.41) is 0. The number of hydrogen-bond acceptors (Lipinski definition) is 3. The highest BCUT2D eigenvalue weighted by Crippen LogP contribution is 2.31. The summed E-state index contributed by atoms with van der Waals surface area (Å²) >= 11 is 0. The van der Waals surface area contributed by atoms with E-state index in [4.69, 9.17) is 4.74 Å². The highest BCUT2D eigenvalue weighted by atomic mass is 35.5. The number of esters is 1. The zero-order valence-corrected chi connectivity index (χ0v) is 10.8. The molecule has 3 nitrogen and oxygen atoms in total. The molecule has 0 spiro atoms. The molecule has 1 saturated heterocycles. The molecule has 0 aromatic carbocycles. The summed E-state index contributed by atoms with van der Waals surface area (Å²) in [6.45, 7) is 3.65. The first-order valence-electron chi connectivity index (χ1n) is 6.07. The van der Waals surface area contributed by atoms with E-state index in [1.807, 2.05) is 0 Å². The van der Waals surface area contributed by atoms with Crippen LogP contribution in [0.25, 0.3) is 0 Å². The van der Waals surface area contributed by atoms with Crippen LogP contribution in [-0.4, -0.2) is 37.6 Å². The molecule has 1 aliphatic heterocycles. The molecule has 0 aromatic rings. The molecule has 2 rings (SSSR count). The van der Waals surface area contributed by atoms with E-state index in [0.717, 1.165) is 5.92 Å². The minimum absolute atomic E-state index is 0. The molecule has 2 aliphatic rings. The van der Waals surface area contributed by atoms with Gasteiger partial charge in [-0.1, -0.05) is 0 Å². The van der Waals surface area contributed by atoms with Crippen molar-refractivity contribution in [3.05, 3.63) is 0 Å². The molecule has 0 bridgehead atoms. The Morgan fingerprint density at radius 2 is 1.81 bits per heavy atom. The predicted octanol–water partition coefficient (Wildman–Crippen LogP) is 2.09. The van der Waals surface area contributed by atoms with Crippen LogP contribution in [0.3, 0.4) is 0 Å². The first kappa shape index (κ1) is 13.8. The van der Waals surface area contributed by atoms with Gasteiger partial charge in [-0.15, -0.1) is 12.4 Å². The van der Waals surface area contributed by atoms with E-state index >= 15 is 0 Å². The van der Waals surface area contributed by atoms with Gasteiger partial charge in [-0.25, -0.2) is 0 Å². The Morgan fingerprint density at radius 3 is 2.31 bits per heavy atom. The van der Waals surface area contributed by atoms with Crippen LogP contribution in [0.1, 0.15) is 32.1 Å². The highest BCUT2D eigenvalue weighted by molar-refractivity contribution is 5.85. The van der Waals surface area contributed by atoms with Crippen LogP contribution in [0.2, 0.25) is 0 Å². The average molecular weight is 248 g/mol. The first-order valence-corrected chi connectivity index (χ1v) is 6.07. The van der Waals surface area contributed by atoms with Crippen molar-refractivity contribution in [2.45, 2.75) is 32.1 Å². The number of likely N-dealkylation sites (tertiary alicyclic amines) is 1. The van der Waals surface area contributed by atoms with Crippen molar-refractivity contribution in [3.8, 4) is 0 Å². The number of carbonyl (C=O) groups is 1. The van der Waals surface area contributed by atoms with Crippen LogP contribution >= 0.6 is 12.4 Å². The fraction of sp³-hybridized carbons (Fsp3) is 0.917. The SMILES string of the molecule is COC(=O)CC1CCN(CC2CC2)CC1.Cl. The maximum absolute atomic E-state index is 11.1. The normalized spacial score (nSPS) is 22.6. The summed E-state index contributed by atoms with van der Waals surface area (Å²) in [5.74, 6) is 1.51. The molecule has 0 amide bonds. The van der Waals surface area contributed by atoms with Crippen molar-refractivity contribution in [2.75, 3.05) is 26.7 Å². The van der Waals surface area contributed by atoms with Crippen molar-refractivity contribution >= 4 is 18.4 Å². The molecule has 94 valence electrons. The summed E-state index contributed by atoms with van der Waals surface area (Å²) in [6.07, 6.45) is 5.82. The maximum Gasteiger partial charge on any atom is 0.305 e. The first-order chi connectivity index (χ1) is 7.28. The third-order valence-corrected chi connectivity index (χ3v) is 3.60. The molecule has 16 heavy (non-hydrogen) atoms. The van der Waals surface area contributed by atoms with Crippen molar-refractivity contribution in [3.63, 3.8) is 0 Å². The van der Waals surface area contributed by atoms with Gasteiger partial charge in [-0.3, -0.25) is 4.79 Å². The highest BCUT2D eigenvalue weighted by Gasteiger charge is 2.27. The number of piperidine rings is 1. The number of carbonyl (C=O) groups excluding carboxylic acids is 1. The number of rotatable bonds is 4. The Kier molecular flexibility index (Phi) is 5.56. The Morgan fingerprint density at radius 1 is 1.19 bits per heavy atom. The van der Waals surface area contributed by atoms with Crippen molar-refractivity contribution in [1.29, 1.82) is 0 Å². The summed E-state index contributed by atoms with van der Waals surface area (Å²) in [6, 6.07) is 0. The largest absolute Gasteiger partial charge is 0.469 e. The average Bonchev–Trinajstić information content (AvgIpc) is 3.05. The molecule has 4 heteroatoms. The summed E-state index contributed by atoms with van der Waals surface area (Å²) < 4.78 is 4.70. The summed E-state index contributed by atoms with van der Waals surface area (Å²) in [4.78, 5) is 13.7. The van der Waals surface area contributed by atoms with Gasteiger partial charge in [-0.05, 0) is 50.6 Å². The lowest BCUT2D eigenvalue weighted by atomic mass is 9.93. The second-order valence-electron chi connectivity index (χ2n) is 4.97. The number of halogens is 1. The van der Waals surface area contributed by atoms with Gasteiger partial charge < -0.3 is 9.64 Å². The fourth-order valence-corrected chi connectivity index (χ4v) is 2.36. The molecule has 0 radical (unpaired) electrons. The van der Waals surface area contributed by atoms with Gasteiger partial charge in [0, 0.05) is 13.0 Å². The van der Waals surface area contributed by atoms with Crippen LogP contribution in [-0.2, 0) is 9.53 Å².